The number of carbonyl (C=O) groups excluding carboxylic acids is 3. The molecule has 2 saturated heterocycles. The Morgan fingerprint density at radius 1 is 1.07 bits per heavy atom. The molecule has 2 aromatic carbocycles. The molecular weight excluding hydrogens is 724 g/mol. The lowest BCUT2D eigenvalue weighted by molar-refractivity contribution is -0.146. The van der Waals surface area contributed by atoms with Gasteiger partial charge in [0.05, 0.1) is 46.2 Å². The van der Waals surface area contributed by atoms with Crippen LogP contribution in [0.15, 0.2) is 54.0 Å². The first-order valence-corrected chi connectivity index (χ1v) is 19.4. The lowest BCUT2D eigenvalue weighted by Gasteiger charge is -2.37. The van der Waals surface area contributed by atoms with Gasteiger partial charge in [0.2, 0.25) is 11.8 Å². The number of Topliss-reactive ketones (excluding diaryl/α,β-unsaturated/α-hetero) is 1. The number of aromatic hydroxyl groups is 1. The Hall–Kier alpha value is -4.99. The van der Waals surface area contributed by atoms with Crippen LogP contribution in [0.1, 0.15) is 57.8 Å². The van der Waals surface area contributed by atoms with E-state index in [-0.39, 0.29) is 66.6 Å². The summed E-state index contributed by atoms with van der Waals surface area (Å²) in [4.78, 5) is 52.4. The molecule has 0 unspecified atom stereocenters. The number of nitrogens with zero attached hydrogens (tertiary/aromatic N) is 6. The quantitative estimate of drug-likeness (QED) is 0.168. The summed E-state index contributed by atoms with van der Waals surface area (Å²) in [5.41, 5.74) is 11.4. The van der Waals surface area contributed by atoms with Gasteiger partial charge in [-0.25, -0.2) is 9.37 Å². The maximum absolute atomic E-state index is 14.2. The SMILES string of the molecule is Cc1ncsc1-c1ccc([C@H](C)NC(=O)[C@@H]2C[C@@H](O)CN2C(=O)[C@@H](CC(=O)CN2CCN(c3cc(-c4cccc(F)c4O)nnc3N)CC2)C(C)(C)C)cc1. The molecule has 2 aromatic heterocycles. The first-order valence-electron chi connectivity index (χ1n) is 18.5. The minimum Gasteiger partial charge on any atom is -0.504 e. The molecule has 15 heteroatoms. The number of aliphatic hydroxyl groups is 1. The van der Waals surface area contributed by atoms with Crippen LogP contribution in [0.3, 0.4) is 0 Å². The summed E-state index contributed by atoms with van der Waals surface area (Å²) in [5, 5.41) is 32.0. The number of β-amino-alcohol motifs (C(OH)–C–C–N with tert-alkyl or cyclic N) is 1. The summed E-state index contributed by atoms with van der Waals surface area (Å²) in [6.07, 6.45) is -0.747. The van der Waals surface area contributed by atoms with Crippen LogP contribution in [-0.2, 0) is 14.4 Å². The normalized spacial score (nSPS) is 19.0. The second kappa shape index (κ2) is 16.4. The summed E-state index contributed by atoms with van der Waals surface area (Å²) in [6, 6.07) is 12.6. The van der Waals surface area contributed by atoms with Crippen LogP contribution in [0.25, 0.3) is 21.7 Å². The zero-order valence-corrected chi connectivity index (χ0v) is 32.6. The maximum atomic E-state index is 14.2. The van der Waals surface area contributed by atoms with E-state index < -0.39 is 35.0 Å². The third-order valence-corrected chi connectivity index (χ3v) is 11.6. The summed E-state index contributed by atoms with van der Waals surface area (Å²) in [5.74, 6) is -2.55. The Morgan fingerprint density at radius 2 is 1.78 bits per heavy atom. The van der Waals surface area contributed by atoms with Gasteiger partial charge in [-0.3, -0.25) is 19.3 Å². The molecule has 0 spiro atoms. The number of anilines is 2. The van der Waals surface area contributed by atoms with Crippen molar-refractivity contribution in [2.45, 2.75) is 65.6 Å². The summed E-state index contributed by atoms with van der Waals surface area (Å²) >= 11 is 1.57. The highest BCUT2D eigenvalue weighted by molar-refractivity contribution is 7.13. The largest absolute Gasteiger partial charge is 0.504 e. The molecule has 4 atom stereocenters. The summed E-state index contributed by atoms with van der Waals surface area (Å²) < 4.78 is 14.0. The molecule has 0 radical (unpaired) electrons. The van der Waals surface area contributed by atoms with Gasteiger partial charge in [0.1, 0.15) is 11.8 Å². The number of hydrogen-bond acceptors (Lipinski definition) is 12. The molecule has 2 fully saturated rings. The lowest BCUT2D eigenvalue weighted by atomic mass is 9.76. The fraction of sp³-hybridized carbons (Fsp3) is 0.450. The molecule has 6 rings (SSSR count). The predicted octanol–water partition coefficient (Wildman–Crippen LogP) is 4.59. The highest BCUT2D eigenvalue weighted by Crippen LogP contribution is 2.36. The number of para-hydroxylation sites is 1. The van der Waals surface area contributed by atoms with E-state index in [2.05, 4.69) is 20.5 Å². The number of aromatic nitrogens is 3. The van der Waals surface area contributed by atoms with E-state index in [4.69, 9.17) is 5.73 Å². The highest BCUT2D eigenvalue weighted by Gasteiger charge is 2.44. The van der Waals surface area contributed by atoms with Crippen molar-refractivity contribution >= 4 is 40.4 Å². The number of phenolic OH excluding ortho intramolecular Hbond substituents is 1. The molecule has 292 valence electrons. The average Bonchev–Trinajstić information content (AvgIpc) is 3.77. The van der Waals surface area contributed by atoms with Gasteiger partial charge in [0, 0.05) is 57.0 Å². The number of nitrogen functional groups attached to an aromatic ring is 1. The zero-order valence-electron chi connectivity index (χ0n) is 31.8. The fourth-order valence-corrected chi connectivity index (χ4v) is 8.16. The van der Waals surface area contributed by atoms with E-state index in [1.807, 2.05) is 74.2 Å². The molecule has 0 saturated carbocycles. The van der Waals surface area contributed by atoms with Gasteiger partial charge >= 0.3 is 0 Å². The number of piperazine rings is 1. The smallest absolute Gasteiger partial charge is 0.243 e. The van der Waals surface area contributed by atoms with Gasteiger partial charge in [-0.1, -0.05) is 51.1 Å². The van der Waals surface area contributed by atoms with Crippen molar-refractivity contribution in [1.29, 1.82) is 0 Å². The van der Waals surface area contributed by atoms with Gasteiger partial charge in [-0.05, 0) is 48.6 Å². The minimum atomic E-state index is -0.863. The summed E-state index contributed by atoms with van der Waals surface area (Å²) in [7, 11) is 0. The number of likely N-dealkylation sites (tertiary alicyclic amines) is 1. The lowest BCUT2D eigenvalue weighted by Crippen LogP contribution is -2.51. The number of nitrogens with two attached hydrogens (primary N) is 1. The molecule has 5 N–H and O–H groups in total. The highest BCUT2D eigenvalue weighted by atomic mass is 32.1. The Balaban J connectivity index is 1.06. The van der Waals surface area contributed by atoms with Crippen LogP contribution in [-0.4, -0.2) is 104 Å². The Labute approximate surface area is 324 Å². The van der Waals surface area contributed by atoms with Crippen molar-refractivity contribution in [3.05, 3.63) is 71.1 Å². The van der Waals surface area contributed by atoms with E-state index in [9.17, 15) is 29.0 Å². The van der Waals surface area contributed by atoms with E-state index in [0.717, 1.165) is 27.8 Å². The monoisotopic (exact) mass is 772 g/mol. The first-order chi connectivity index (χ1) is 26.1. The number of ketones is 1. The number of aliphatic hydroxyl groups excluding tert-OH is 1. The predicted molar refractivity (Wildman–Crippen MR) is 210 cm³/mol. The number of phenols is 1. The van der Waals surface area contributed by atoms with Gasteiger partial charge in [0.15, 0.2) is 17.4 Å². The number of rotatable bonds is 11. The molecule has 4 heterocycles. The standard InChI is InChI=1S/C40H49FN8O5S/c1-23(25-9-11-26(12-10-25)36-24(2)43-22-55-36)44-38(53)34-18-28(51)21-49(34)39(54)30(40(3,4)5)17-27(50)20-47-13-15-48(16-14-47)33-19-32(45-46-37(33)42)29-7-6-8-31(41)35(29)52/h6-12,19,22-23,28,30,34,51-52H,13-18,20-21H2,1-5H3,(H2,42,46)(H,44,53)/t23-,28+,30+,34-/m0/s1. The van der Waals surface area contributed by atoms with E-state index in [1.165, 1.54) is 11.0 Å². The second-order valence-electron chi connectivity index (χ2n) is 15.6. The van der Waals surface area contributed by atoms with E-state index >= 15 is 0 Å². The third-order valence-electron chi connectivity index (χ3n) is 10.6. The number of thiazole rings is 1. The maximum Gasteiger partial charge on any atom is 0.243 e. The molecule has 4 aromatic rings. The van der Waals surface area contributed by atoms with Crippen molar-refractivity contribution in [2.75, 3.05) is 49.9 Å². The van der Waals surface area contributed by atoms with Gasteiger partial charge < -0.3 is 31.1 Å². The molecular formula is C40H49FN8O5S. The van der Waals surface area contributed by atoms with Crippen LogP contribution in [0.2, 0.25) is 0 Å². The molecule has 0 aliphatic carbocycles. The molecule has 2 aliphatic heterocycles. The molecule has 2 amide bonds. The number of amides is 2. The molecule has 0 bridgehead atoms. The van der Waals surface area contributed by atoms with Crippen molar-refractivity contribution in [2.24, 2.45) is 11.3 Å². The van der Waals surface area contributed by atoms with Crippen molar-refractivity contribution in [3.8, 4) is 27.4 Å². The third kappa shape index (κ3) is 8.95. The Morgan fingerprint density at radius 3 is 2.44 bits per heavy atom. The zero-order chi connectivity index (χ0) is 39.6. The second-order valence-corrected chi connectivity index (χ2v) is 16.4. The minimum absolute atomic E-state index is 0.00677. The number of nitrogens with one attached hydrogen (secondary N) is 1. The van der Waals surface area contributed by atoms with Crippen LogP contribution < -0.4 is 16.0 Å². The van der Waals surface area contributed by atoms with E-state index in [1.54, 1.807) is 23.5 Å². The number of hydrogen-bond donors (Lipinski definition) is 4. The molecule has 55 heavy (non-hydrogen) atoms. The van der Waals surface area contributed by atoms with Crippen LogP contribution in [0.4, 0.5) is 15.9 Å². The number of carbonyl (C=O) groups is 3. The Kier molecular flexibility index (Phi) is 11.8. The van der Waals surface area contributed by atoms with Crippen LogP contribution in [0, 0.1) is 24.1 Å². The number of aryl methyl sites for hydroxylation is 1. The van der Waals surface area contributed by atoms with Crippen molar-refractivity contribution in [1.82, 2.24) is 30.3 Å². The van der Waals surface area contributed by atoms with Gasteiger partial charge in [0.25, 0.3) is 0 Å². The number of halogens is 1. The Bertz CT molecular complexity index is 2030. The van der Waals surface area contributed by atoms with Crippen LogP contribution >= 0.6 is 11.3 Å². The van der Waals surface area contributed by atoms with Crippen molar-refractivity contribution < 1.29 is 29.0 Å². The van der Waals surface area contributed by atoms with Gasteiger partial charge in [-0.15, -0.1) is 21.5 Å². The van der Waals surface area contributed by atoms with Crippen LogP contribution in [0.5, 0.6) is 5.75 Å². The fourth-order valence-electron chi connectivity index (χ4n) is 7.35. The average molecular weight is 773 g/mol. The summed E-state index contributed by atoms with van der Waals surface area (Å²) in [6.45, 7) is 11.9. The molecule has 2 aliphatic rings. The van der Waals surface area contributed by atoms with E-state index in [0.29, 0.717) is 31.9 Å². The first kappa shape index (κ1) is 39.7. The van der Waals surface area contributed by atoms with Gasteiger partial charge in [-0.2, -0.15) is 0 Å². The number of benzene rings is 2. The topological polar surface area (TPSA) is 178 Å². The van der Waals surface area contributed by atoms with Crippen molar-refractivity contribution in [3.63, 3.8) is 0 Å². The molecule has 13 nitrogen and oxygen atoms in total.